The number of aliphatic imine (C=N–C) groups is 1. The van der Waals surface area contributed by atoms with Gasteiger partial charge in [0.15, 0.2) is 5.96 Å². The van der Waals surface area contributed by atoms with Crippen molar-refractivity contribution in [3.05, 3.63) is 76.4 Å². The van der Waals surface area contributed by atoms with Gasteiger partial charge >= 0.3 is 0 Å². The number of nitrogens with one attached hydrogen (secondary N) is 2. The van der Waals surface area contributed by atoms with Crippen LogP contribution >= 0.6 is 0 Å². The van der Waals surface area contributed by atoms with E-state index >= 15 is 0 Å². The van der Waals surface area contributed by atoms with E-state index in [2.05, 4.69) is 25.6 Å². The van der Waals surface area contributed by atoms with Crippen molar-refractivity contribution in [2.24, 2.45) is 4.99 Å². The second-order valence-electron chi connectivity index (χ2n) is 5.63. The molecule has 4 rings (SSSR count). The summed E-state index contributed by atoms with van der Waals surface area (Å²) in [5, 5.41) is 6.30. The van der Waals surface area contributed by atoms with Gasteiger partial charge in [-0.15, -0.1) is 0 Å². The topological polar surface area (TPSA) is 97.3 Å². The Labute approximate surface area is 143 Å². The van der Waals surface area contributed by atoms with E-state index in [9.17, 15) is 4.79 Å². The smallest absolute Gasteiger partial charge is 0.257 e. The number of anilines is 1. The highest BCUT2D eigenvalue weighted by Gasteiger charge is 2.26. The molecule has 8 nitrogen and oxygen atoms in total. The first-order valence-electron chi connectivity index (χ1n) is 7.81. The zero-order valence-electron chi connectivity index (χ0n) is 13.5. The van der Waals surface area contributed by atoms with E-state index in [1.807, 2.05) is 24.3 Å². The molecule has 0 aromatic carbocycles. The Morgan fingerprint density at radius 3 is 3.04 bits per heavy atom. The molecule has 3 aromatic rings. The third-order valence-electron chi connectivity index (χ3n) is 3.82. The van der Waals surface area contributed by atoms with Crippen molar-refractivity contribution in [1.29, 1.82) is 0 Å². The SMILES string of the molecule is Cc1cc(=O)n2c(n1)NC(=NCc1ccco1)N[C@H]2c1cccnc1. The molecule has 2 N–H and O–H groups in total. The first-order chi connectivity index (χ1) is 12.2. The van der Waals surface area contributed by atoms with Gasteiger partial charge in [-0.05, 0) is 25.1 Å². The molecule has 126 valence electrons. The average molecular weight is 336 g/mol. The van der Waals surface area contributed by atoms with Crippen molar-refractivity contribution in [1.82, 2.24) is 19.9 Å². The van der Waals surface area contributed by atoms with Crippen molar-refractivity contribution < 1.29 is 4.42 Å². The maximum absolute atomic E-state index is 12.5. The lowest BCUT2D eigenvalue weighted by atomic mass is 10.2. The fraction of sp³-hybridized carbons (Fsp3) is 0.176. The van der Waals surface area contributed by atoms with E-state index in [-0.39, 0.29) is 5.56 Å². The van der Waals surface area contributed by atoms with Crippen molar-refractivity contribution >= 4 is 11.9 Å². The zero-order valence-corrected chi connectivity index (χ0v) is 13.5. The summed E-state index contributed by atoms with van der Waals surface area (Å²) in [6, 6.07) is 8.89. The van der Waals surface area contributed by atoms with Gasteiger partial charge in [0, 0.05) is 29.7 Å². The van der Waals surface area contributed by atoms with Gasteiger partial charge < -0.3 is 9.73 Å². The number of aromatic nitrogens is 3. The number of aryl methyl sites for hydroxylation is 1. The highest BCUT2D eigenvalue weighted by molar-refractivity contribution is 5.93. The molecule has 1 atom stereocenters. The van der Waals surface area contributed by atoms with Gasteiger partial charge in [-0.1, -0.05) is 6.07 Å². The number of pyridine rings is 1. The number of nitrogens with zero attached hydrogens (tertiary/aromatic N) is 4. The number of guanidine groups is 1. The summed E-state index contributed by atoms with van der Waals surface area (Å²) < 4.78 is 6.85. The van der Waals surface area contributed by atoms with Crippen LogP contribution in [-0.4, -0.2) is 20.5 Å². The Hall–Kier alpha value is -3.42. The van der Waals surface area contributed by atoms with E-state index in [0.717, 1.165) is 11.3 Å². The van der Waals surface area contributed by atoms with Crippen LogP contribution in [0.5, 0.6) is 0 Å². The van der Waals surface area contributed by atoms with Crippen LogP contribution in [-0.2, 0) is 6.54 Å². The first-order valence-corrected chi connectivity index (χ1v) is 7.81. The van der Waals surface area contributed by atoms with E-state index in [1.54, 1.807) is 30.1 Å². The lowest BCUT2D eigenvalue weighted by Gasteiger charge is -2.30. The molecule has 3 aromatic heterocycles. The average Bonchev–Trinajstić information content (AvgIpc) is 3.13. The fourth-order valence-corrected chi connectivity index (χ4v) is 2.69. The van der Waals surface area contributed by atoms with Crippen molar-refractivity contribution in [2.45, 2.75) is 19.6 Å². The quantitative estimate of drug-likeness (QED) is 0.755. The minimum atomic E-state index is -0.444. The van der Waals surface area contributed by atoms with E-state index in [1.165, 1.54) is 6.07 Å². The normalized spacial score (nSPS) is 17.6. The number of rotatable bonds is 3. The molecular formula is C17H16N6O2. The van der Waals surface area contributed by atoms with Gasteiger partial charge in [0.1, 0.15) is 18.5 Å². The maximum Gasteiger partial charge on any atom is 0.257 e. The van der Waals surface area contributed by atoms with Crippen LogP contribution in [0.3, 0.4) is 0 Å². The predicted molar refractivity (Wildman–Crippen MR) is 92.2 cm³/mol. The summed E-state index contributed by atoms with van der Waals surface area (Å²) in [4.78, 5) is 25.5. The van der Waals surface area contributed by atoms with Crippen LogP contribution in [0.4, 0.5) is 5.95 Å². The molecule has 0 fully saturated rings. The Morgan fingerprint density at radius 1 is 1.36 bits per heavy atom. The Balaban J connectivity index is 1.75. The van der Waals surface area contributed by atoms with Gasteiger partial charge in [-0.3, -0.25) is 19.7 Å². The molecule has 0 bridgehead atoms. The van der Waals surface area contributed by atoms with Gasteiger partial charge in [0.25, 0.3) is 5.56 Å². The molecule has 0 saturated heterocycles. The van der Waals surface area contributed by atoms with Gasteiger partial charge in [0.2, 0.25) is 5.95 Å². The number of hydrogen-bond donors (Lipinski definition) is 2. The molecule has 0 radical (unpaired) electrons. The number of hydrogen-bond acceptors (Lipinski definition) is 5. The molecule has 8 heteroatoms. The fourth-order valence-electron chi connectivity index (χ4n) is 2.69. The van der Waals surface area contributed by atoms with E-state index in [0.29, 0.717) is 24.1 Å². The molecule has 25 heavy (non-hydrogen) atoms. The molecule has 0 unspecified atom stereocenters. The van der Waals surface area contributed by atoms with Gasteiger partial charge in [0.05, 0.1) is 6.26 Å². The Bertz CT molecular complexity index is 963. The van der Waals surface area contributed by atoms with E-state index < -0.39 is 6.17 Å². The lowest BCUT2D eigenvalue weighted by molar-refractivity contribution is 0.502. The Kier molecular flexibility index (Phi) is 3.77. The van der Waals surface area contributed by atoms with Crippen LogP contribution in [0.15, 0.2) is 63.2 Å². The van der Waals surface area contributed by atoms with Crippen molar-refractivity contribution in [3.8, 4) is 0 Å². The van der Waals surface area contributed by atoms with Crippen LogP contribution < -0.4 is 16.2 Å². The monoisotopic (exact) mass is 336 g/mol. The summed E-state index contributed by atoms with van der Waals surface area (Å²) in [6.07, 6.45) is 4.56. The Morgan fingerprint density at radius 2 is 2.28 bits per heavy atom. The summed E-state index contributed by atoms with van der Waals surface area (Å²) in [5.41, 5.74) is 1.33. The molecule has 0 aliphatic carbocycles. The van der Waals surface area contributed by atoms with E-state index in [4.69, 9.17) is 4.42 Å². The molecule has 1 aliphatic heterocycles. The van der Waals surface area contributed by atoms with Gasteiger partial charge in [-0.25, -0.2) is 9.98 Å². The standard InChI is InChI=1S/C17H16N6O2/c1-11-8-14(24)23-15(12-4-2-6-18-9-12)21-16(22-17(23)20-11)19-10-13-5-3-7-25-13/h2-9,15H,10H2,1H3,(H2,19,20,21,22)/t15-/m1/s1. The molecule has 0 amide bonds. The molecule has 0 spiro atoms. The first kappa shape index (κ1) is 15.1. The van der Waals surface area contributed by atoms with Crippen LogP contribution in [0.1, 0.15) is 23.2 Å². The number of furan rings is 1. The van der Waals surface area contributed by atoms with Crippen molar-refractivity contribution in [2.75, 3.05) is 5.32 Å². The van der Waals surface area contributed by atoms with Crippen molar-refractivity contribution in [3.63, 3.8) is 0 Å². The summed E-state index contributed by atoms with van der Waals surface area (Å²) in [6.45, 7) is 2.16. The molecule has 1 aliphatic rings. The second-order valence-corrected chi connectivity index (χ2v) is 5.63. The third kappa shape index (κ3) is 3.01. The summed E-state index contributed by atoms with van der Waals surface area (Å²) in [7, 11) is 0. The third-order valence-corrected chi connectivity index (χ3v) is 3.82. The minimum absolute atomic E-state index is 0.151. The zero-order chi connectivity index (χ0) is 17.2. The highest BCUT2D eigenvalue weighted by atomic mass is 16.3. The van der Waals surface area contributed by atoms with Crippen LogP contribution in [0.25, 0.3) is 0 Å². The van der Waals surface area contributed by atoms with Crippen LogP contribution in [0.2, 0.25) is 0 Å². The lowest BCUT2D eigenvalue weighted by Crippen LogP contribution is -2.48. The highest BCUT2D eigenvalue weighted by Crippen LogP contribution is 2.20. The van der Waals surface area contributed by atoms with Crippen LogP contribution in [0, 0.1) is 6.92 Å². The summed E-state index contributed by atoms with van der Waals surface area (Å²) in [5.74, 6) is 1.70. The number of fused-ring (bicyclic) bond motifs is 1. The molecule has 0 saturated carbocycles. The second kappa shape index (κ2) is 6.23. The predicted octanol–water partition coefficient (Wildman–Crippen LogP) is 1.66. The largest absolute Gasteiger partial charge is 0.467 e. The minimum Gasteiger partial charge on any atom is -0.467 e. The van der Waals surface area contributed by atoms with Gasteiger partial charge in [-0.2, -0.15) is 0 Å². The molecular weight excluding hydrogens is 320 g/mol. The summed E-state index contributed by atoms with van der Waals surface area (Å²) >= 11 is 0. The maximum atomic E-state index is 12.5. The molecule has 4 heterocycles.